The Labute approximate surface area is 270 Å². The number of likely N-dealkylation sites (N-methyl/N-ethyl adjacent to an activating group) is 1. The molecule has 1 atom stereocenters. The van der Waals surface area contributed by atoms with Crippen LogP contribution >= 0.6 is 27.5 Å². The van der Waals surface area contributed by atoms with Crippen LogP contribution in [-0.4, -0.2) is 46.7 Å². The van der Waals surface area contributed by atoms with Crippen molar-refractivity contribution in [2.45, 2.75) is 18.8 Å². The quantitative estimate of drug-likeness (QED) is 0.105. The number of nitrogens with zero attached hydrogens (tertiary/aromatic N) is 2. The van der Waals surface area contributed by atoms with Gasteiger partial charge in [0.05, 0.1) is 34.2 Å². The van der Waals surface area contributed by atoms with Crippen LogP contribution in [0, 0.1) is 0 Å². The van der Waals surface area contributed by atoms with Crippen molar-refractivity contribution in [2.75, 3.05) is 18.9 Å². The fourth-order valence-corrected chi connectivity index (χ4v) is 4.89. The number of alkyl halides is 3. The topological polar surface area (TPSA) is 114 Å². The number of amides is 2. The molecule has 0 radical (unpaired) electrons. The maximum absolute atomic E-state index is 13.1. The summed E-state index contributed by atoms with van der Waals surface area (Å²) in [5.74, 6) is -1.06. The van der Waals surface area contributed by atoms with Crippen LogP contribution in [-0.2, 0) is 12.7 Å². The number of hydrogen-bond acceptors (Lipinski definition) is 6. The number of halogens is 5. The Morgan fingerprint density at radius 1 is 1.00 bits per heavy atom. The lowest BCUT2D eigenvalue weighted by Crippen LogP contribution is -2.24. The van der Waals surface area contributed by atoms with E-state index < -0.39 is 34.7 Å². The molecule has 4 aromatic rings. The summed E-state index contributed by atoms with van der Waals surface area (Å²) in [5, 5.41) is 25.9. The first-order chi connectivity index (χ1) is 21.3. The summed E-state index contributed by atoms with van der Waals surface area (Å²) in [4.78, 5) is 27.8. The second-order valence-electron chi connectivity index (χ2n) is 10.1. The van der Waals surface area contributed by atoms with Crippen molar-refractivity contribution in [1.29, 1.82) is 0 Å². The van der Waals surface area contributed by atoms with Gasteiger partial charge in [0.25, 0.3) is 11.8 Å². The lowest BCUT2D eigenvalue weighted by Gasteiger charge is -2.21. The number of anilines is 1. The van der Waals surface area contributed by atoms with Gasteiger partial charge in [-0.15, -0.1) is 0 Å². The zero-order chi connectivity index (χ0) is 32.7. The zero-order valence-electron chi connectivity index (χ0n) is 23.6. The number of hydrogen-bond donors (Lipinski definition) is 4. The number of aliphatic hydroxyl groups excluding tert-OH is 1. The smallest absolute Gasteiger partial charge is 0.417 e. The van der Waals surface area contributed by atoms with Crippen molar-refractivity contribution in [2.24, 2.45) is 5.10 Å². The summed E-state index contributed by atoms with van der Waals surface area (Å²) in [6.07, 6.45) is -4.35. The molecule has 234 valence electrons. The molecule has 0 spiro atoms. The van der Waals surface area contributed by atoms with Crippen LogP contribution < -0.4 is 10.7 Å². The predicted molar refractivity (Wildman–Crippen MR) is 169 cm³/mol. The second-order valence-corrected chi connectivity index (χ2v) is 11.4. The highest BCUT2D eigenvalue weighted by atomic mass is 79.9. The molecular weight excluding hydrogens is 677 g/mol. The summed E-state index contributed by atoms with van der Waals surface area (Å²) < 4.78 is 39.9. The van der Waals surface area contributed by atoms with Crippen molar-refractivity contribution < 1.29 is 33.0 Å². The van der Waals surface area contributed by atoms with E-state index in [9.17, 15) is 33.0 Å². The second kappa shape index (κ2) is 14.7. The van der Waals surface area contributed by atoms with Crippen molar-refractivity contribution in [1.82, 2.24) is 10.3 Å². The van der Waals surface area contributed by atoms with E-state index in [0.717, 1.165) is 23.9 Å². The van der Waals surface area contributed by atoms with Crippen molar-refractivity contribution in [3.8, 4) is 5.75 Å². The van der Waals surface area contributed by atoms with Crippen LogP contribution in [0.25, 0.3) is 0 Å². The third kappa shape index (κ3) is 9.38. The monoisotopic (exact) mass is 702 g/mol. The first kappa shape index (κ1) is 33.7. The Bertz CT molecular complexity index is 1700. The molecule has 4 rings (SSSR count). The molecule has 0 heterocycles. The Morgan fingerprint density at radius 3 is 2.36 bits per heavy atom. The molecular formula is C32H27BrClF3N4O4. The van der Waals surface area contributed by atoms with Crippen LogP contribution in [0.1, 0.15) is 49.1 Å². The molecule has 2 amide bonds. The van der Waals surface area contributed by atoms with Gasteiger partial charge in [-0.05, 0) is 78.3 Å². The molecule has 0 bridgehead atoms. The maximum Gasteiger partial charge on any atom is 0.417 e. The van der Waals surface area contributed by atoms with Crippen molar-refractivity contribution >= 4 is 51.2 Å². The van der Waals surface area contributed by atoms with Crippen LogP contribution in [0.2, 0.25) is 5.02 Å². The summed E-state index contributed by atoms with van der Waals surface area (Å²) in [5.41, 5.74) is 3.47. The maximum atomic E-state index is 13.1. The number of benzene rings is 4. The van der Waals surface area contributed by atoms with Crippen LogP contribution in [0.3, 0.4) is 0 Å². The number of nitrogens with one attached hydrogen (secondary N) is 2. The Hall–Kier alpha value is -4.23. The van der Waals surface area contributed by atoms with Gasteiger partial charge in [0.2, 0.25) is 0 Å². The normalized spacial score (nSPS) is 12.4. The van der Waals surface area contributed by atoms with E-state index in [2.05, 4.69) is 31.8 Å². The molecule has 1 unspecified atom stereocenters. The van der Waals surface area contributed by atoms with Gasteiger partial charge in [-0.2, -0.15) is 18.3 Å². The van der Waals surface area contributed by atoms with E-state index >= 15 is 0 Å². The molecule has 0 aromatic heterocycles. The summed E-state index contributed by atoms with van der Waals surface area (Å²) in [6.45, 7) is 0.849. The van der Waals surface area contributed by atoms with Gasteiger partial charge in [0.1, 0.15) is 5.75 Å². The SMILES string of the molecule is CN(Cc1ccc(C(=O)Nc2ccc(Br)cc2C(=O)N/N=C\c2ccc(Cl)c(C(F)(F)F)c2)cc1)CC(O)c1ccc(O)cc1. The Kier molecular flexibility index (Phi) is 11.0. The van der Waals surface area contributed by atoms with E-state index in [1.807, 2.05) is 11.9 Å². The summed E-state index contributed by atoms with van der Waals surface area (Å²) in [7, 11) is 1.85. The minimum Gasteiger partial charge on any atom is -0.508 e. The molecule has 0 saturated carbocycles. The third-order valence-corrected chi connectivity index (χ3v) is 7.40. The number of aliphatic hydroxyl groups is 1. The fourth-order valence-electron chi connectivity index (χ4n) is 4.31. The van der Waals surface area contributed by atoms with Gasteiger partial charge >= 0.3 is 6.18 Å². The molecule has 0 saturated heterocycles. The number of hydrazone groups is 1. The molecule has 0 fully saturated rings. The van der Waals surface area contributed by atoms with Gasteiger partial charge in [-0.3, -0.25) is 14.5 Å². The average Bonchev–Trinajstić information content (AvgIpc) is 2.98. The average molecular weight is 704 g/mol. The number of phenolic OH excluding ortho intramolecular Hbond substituents is 1. The number of rotatable bonds is 10. The molecule has 4 N–H and O–H groups in total. The van der Waals surface area contributed by atoms with Gasteiger partial charge < -0.3 is 15.5 Å². The van der Waals surface area contributed by atoms with Crippen LogP contribution in [0.5, 0.6) is 5.75 Å². The number of aromatic hydroxyl groups is 1. The molecule has 0 aliphatic carbocycles. The molecule has 0 aliphatic rings. The Morgan fingerprint density at radius 2 is 1.69 bits per heavy atom. The first-order valence-corrected chi connectivity index (χ1v) is 14.5. The standard InChI is InChI=1S/C32H27BrClF3N4O4/c1-41(18-29(43)21-7-10-24(42)11-8-21)17-19-2-5-22(6-3-19)30(44)39-28-13-9-23(33)15-25(28)31(45)40-38-16-20-4-12-27(34)26(14-20)32(35,36)37/h2-16,29,42-43H,17-18H2,1H3,(H,39,44)(H,40,45)/b38-16-. The third-order valence-electron chi connectivity index (χ3n) is 6.58. The van der Waals surface area contributed by atoms with Crippen molar-refractivity contribution in [3.05, 3.63) is 128 Å². The van der Waals surface area contributed by atoms with Gasteiger partial charge in [0.15, 0.2) is 0 Å². The molecule has 13 heteroatoms. The van der Waals surface area contributed by atoms with Crippen LogP contribution in [0.15, 0.2) is 94.5 Å². The number of phenols is 1. The minimum absolute atomic E-state index is 0.0624. The summed E-state index contributed by atoms with van der Waals surface area (Å²) >= 11 is 8.93. The first-order valence-electron chi connectivity index (χ1n) is 13.4. The molecule has 8 nitrogen and oxygen atoms in total. The largest absolute Gasteiger partial charge is 0.508 e. The highest BCUT2D eigenvalue weighted by Crippen LogP contribution is 2.35. The molecule has 4 aromatic carbocycles. The van der Waals surface area contributed by atoms with E-state index in [1.54, 1.807) is 42.5 Å². The highest BCUT2D eigenvalue weighted by Gasteiger charge is 2.33. The van der Waals surface area contributed by atoms with Gasteiger partial charge in [0, 0.05) is 23.1 Å². The van der Waals surface area contributed by atoms with Gasteiger partial charge in [-0.1, -0.05) is 57.9 Å². The number of carbonyl (C=O) groups excluding carboxylic acids is 2. The van der Waals surface area contributed by atoms with E-state index in [1.165, 1.54) is 30.3 Å². The molecule has 45 heavy (non-hydrogen) atoms. The zero-order valence-corrected chi connectivity index (χ0v) is 26.0. The summed E-state index contributed by atoms with van der Waals surface area (Å²) in [6, 6.07) is 21.0. The van der Waals surface area contributed by atoms with Crippen molar-refractivity contribution in [3.63, 3.8) is 0 Å². The van der Waals surface area contributed by atoms with Crippen LogP contribution in [0.4, 0.5) is 18.9 Å². The van der Waals surface area contributed by atoms with E-state index in [-0.39, 0.29) is 22.6 Å². The highest BCUT2D eigenvalue weighted by molar-refractivity contribution is 9.10. The fraction of sp³-hybridized carbons (Fsp3) is 0.156. The lowest BCUT2D eigenvalue weighted by atomic mass is 10.1. The number of carbonyl (C=O) groups is 2. The Balaban J connectivity index is 1.38. The van der Waals surface area contributed by atoms with E-state index in [0.29, 0.717) is 28.7 Å². The lowest BCUT2D eigenvalue weighted by molar-refractivity contribution is -0.137. The minimum atomic E-state index is -4.65. The molecule has 0 aliphatic heterocycles. The van der Waals surface area contributed by atoms with Gasteiger partial charge in [-0.25, -0.2) is 5.43 Å². The predicted octanol–water partition coefficient (Wildman–Crippen LogP) is 7.01. The van der Waals surface area contributed by atoms with E-state index in [4.69, 9.17) is 11.6 Å².